The molecule has 0 amide bonds. The summed E-state index contributed by atoms with van der Waals surface area (Å²) in [6.07, 6.45) is 24.5. The molecule has 0 saturated heterocycles. The fourth-order valence-corrected chi connectivity index (χ4v) is 3.31. The molecule has 4 nitrogen and oxygen atoms in total. The molecule has 176 valence electrons. The molecule has 0 fully saturated rings. The van der Waals surface area contributed by atoms with E-state index in [2.05, 4.69) is 12.2 Å². The number of allylic oxidation sites excluding steroid dienone is 2. The van der Waals surface area contributed by atoms with Crippen LogP contribution < -0.4 is 0 Å². The molecule has 0 spiro atoms. The summed E-state index contributed by atoms with van der Waals surface area (Å²) in [5, 5.41) is 0. The van der Waals surface area contributed by atoms with Crippen molar-refractivity contribution in [1.82, 2.24) is 0 Å². The SMILES string of the molecule is CCCOC(=O)CC/C=C/CCCCCCCCCCCCCCC(=O)OCCC. The summed E-state index contributed by atoms with van der Waals surface area (Å²) < 4.78 is 10.1. The van der Waals surface area contributed by atoms with E-state index >= 15 is 0 Å². The first-order valence-electron chi connectivity index (χ1n) is 12.7. The number of hydrogen-bond acceptors (Lipinski definition) is 4. The van der Waals surface area contributed by atoms with Crippen LogP contribution in [0.3, 0.4) is 0 Å². The van der Waals surface area contributed by atoms with Gasteiger partial charge in [0.2, 0.25) is 0 Å². The van der Waals surface area contributed by atoms with Crippen molar-refractivity contribution in [2.45, 2.75) is 129 Å². The number of rotatable bonds is 22. The highest BCUT2D eigenvalue weighted by atomic mass is 16.5. The lowest BCUT2D eigenvalue weighted by atomic mass is 10.0. The summed E-state index contributed by atoms with van der Waals surface area (Å²) in [7, 11) is 0. The largest absolute Gasteiger partial charge is 0.466 e. The van der Waals surface area contributed by atoms with Gasteiger partial charge in [-0.3, -0.25) is 9.59 Å². The zero-order valence-corrected chi connectivity index (χ0v) is 19.9. The number of esters is 2. The van der Waals surface area contributed by atoms with E-state index in [0.29, 0.717) is 26.1 Å². The molecule has 0 saturated carbocycles. The van der Waals surface area contributed by atoms with Gasteiger partial charge in [0, 0.05) is 12.8 Å². The summed E-state index contributed by atoms with van der Waals surface area (Å²) in [6.45, 7) is 5.13. The predicted octanol–water partition coefficient (Wildman–Crippen LogP) is 7.69. The molecule has 0 aliphatic heterocycles. The van der Waals surface area contributed by atoms with Crippen LogP contribution in [0.2, 0.25) is 0 Å². The van der Waals surface area contributed by atoms with E-state index in [0.717, 1.165) is 38.5 Å². The highest BCUT2D eigenvalue weighted by molar-refractivity contribution is 5.69. The van der Waals surface area contributed by atoms with Crippen LogP contribution in [0.1, 0.15) is 129 Å². The van der Waals surface area contributed by atoms with Crippen LogP contribution in [0, 0.1) is 0 Å². The number of ether oxygens (including phenoxy) is 2. The van der Waals surface area contributed by atoms with Gasteiger partial charge < -0.3 is 9.47 Å². The quantitative estimate of drug-likeness (QED) is 0.101. The number of hydrogen-bond donors (Lipinski definition) is 0. The lowest BCUT2D eigenvalue weighted by Crippen LogP contribution is -2.04. The third kappa shape index (κ3) is 23.0. The standard InChI is InChI=1S/C26H48O4/c1-3-23-29-25(27)21-19-17-15-13-11-9-7-5-6-8-10-12-14-16-18-20-22-26(28)30-24-4-2/h15,17H,3-14,16,18-24H2,1-2H3/b17-15+. The Morgan fingerprint density at radius 3 is 1.43 bits per heavy atom. The van der Waals surface area contributed by atoms with Gasteiger partial charge in [-0.25, -0.2) is 0 Å². The van der Waals surface area contributed by atoms with Crippen molar-refractivity contribution in [3.05, 3.63) is 12.2 Å². The zero-order chi connectivity index (χ0) is 22.1. The van der Waals surface area contributed by atoms with Crippen LogP contribution in [0.4, 0.5) is 0 Å². The van der Waals surface area contributed by atoms with Crippen molar-refractivity contribution in [2.24, 2.45) is 0 Å². The van der Waals surface area contributed by atoms with Gasteiger partial charge in [-0.2, -0.15) is 0 Å². The van der Waals surface area contributed by atoms with Gasteiger partial charge in [0.05, 0.1) is 13.2 Å². The maximum atomic E-state index is 11.4. The van der Waals surface area contributed by atoms with Gasteiger partial charge in [0.25, 0.3) is 0 Å². The molecule has 30 heavy (non-hydrogen) atoms. The van der Waals surface area contributed by atoms with Crippen molar-refractivity contribution in [2.75, 3.05) is 13.2 Å². The predicted molar refractivity (Wildman–Crippen MR) is 126 cm³/mol. The molecule has 0 radical (unpaired) electrons. The van der Waals surface area contributed by atoms with Crippen molar-refractivity contribution < 1.29 is 19.1 Å². The molecule has 0 unspecified atom stereocenters. The minimum Gasteiger partial charge on any atom is -0.466 e. The summed E-state index contributed by atoms with van der Waals surface area (Å²) in [6, 6.07) is 0. The second-order valence-corrected chi connectivity index (χ2v) is 8.23. The van der Waals surface area contributed by atoms with Gasteiger partial charge in [0.1, 0.15) is 0 Å². The van der Waals surface area contributed by atoms with E-state index < -0.39 is 0 Å². The third-order valence-electron chi connectivity index (χ3n) is 5.12. The second-order valence-electron chi connectivity index (χ2n) is 8.23. The Balaban J connectivity index is 3.18. The van der Waals surface area contributed by atoms with E-state index in [1.54, 1.807) is 0 Å². The molecule has 0 aliphatic carbocycles. The molecular formula is C26H48O4. The van der Waals surface area contributed by atoms with Crippen LogP contribution in [-0.4, -0.2) is 25.2 Å². The van der Waals surface area contributed by atoms with Crippen LogP contribution in [0.25, 0.3) is 0 Å². The maximum Gasteiger partial charge on any atom is 0.306 e. The second kappa shape index (κ2) is 24.0. The minimum atomic E-state index is -0.0779. The maximum absolute atomic E-state index is 11.4. The normalized spacial score (nSPS) is 11.1. The van der Waals surface area contributed by atoms with E-state index in [9.17, 15) is 9.59 Å². The molecule has 0 heterocycles. The van der Waals surface area contributed by atoms with Gasteiger partial charge in [-0.15, -0.1) is 0 Å². The molecule has 0 atom stereocenters. The van der Waals surface area contributed by atoms with Crippen LogP contribution in [-0.2, 0) is 19.1 Å². The molecule has 0 aromatic carbocycles. The first kappa shape index (κ1) is 28.7. The molecule has 0 N–H and O–H groups in total. The van der Waals surface area contributed by atoms with Crippen molar-refractivity contribution in [3.8, 4) is 0 Å². The Bertz CT molecular complexity index is 417. The summed E-state index contributed by atoms with van der Waals surface area (Å²) in [5.74, 6) is -0.108. The highest BCUT2D eigenvalue weighted by Crippen LogP contribution is 2.13. The Morgan fingerprint density at radius 2 is 0.933 bits per heavy atom. The minimum absolute atomic E-state index is 0.0303. The van der Waals surface area contributed by atoms with Gasteiger partial charge in [-0.05, 0) is 38.5 Å². The molecule has 4 heteroatoms. The molecule has 0 aromatic heterocycles. The zero-order valence-electron chi connectivity index (χ0n) is 19.9. The average molecular weight is 425 g/mol. The first-order valence-corrected chi connectivity index (χ1v) is 12.7. The fourth-order valence-electron chi connectivity index (χ4n) is 3.31. The Labute approximate surface area is 186 Å². The Kier molecular flexibility index (Phi) is 22.9. The number of carbonyl (C=O) groups excluding carboxylic acids is 2. The summed E-state index contributed by atoms with van der Waals surface area (Å²) in [4.78, 5) is 22.7. The molecule has 0 bridgehead atoms. The third-order valence-corrected chi connectivity index (χ3v) is 5.12. The topological polar surface area (TPSA) is 52.6 Å². The van der Waals surface area contributed by atoms with Crippen LogP contribution in [0.5, 0.6) is 0 Å². The van der Waals surface area contributed by atoms with Crippen LogP contribution >= 0.6 is 0 Å². The average Bonchev–Trinajstić information content (AvgIpc) is 2.75. The molecular weight excluding hydrogens is 376 g/mol. The van der Waals surface area contributed by atoms with E-state index in [4.69, 9.17) is 9.47 Å². The first-order chi connectivity index (χ1) is 14.7. The smallest absolute Gasteiger partial charge is 0.306 e. The highest BCUT2D eigenvalue weighted by Gasteiger charge is 2.01. The van der Waals surface area contributed by atoms with Crippen molar-refractivity contribution in [3.63, 3.8) is 0 Å². The van der Waals surface area contributed by atoms with Crippen molar-refractivity contribution >= 4 is 11.9 Å². The number of unbranched alkanes of at least 4 members (excludes halogenated alkanes) is 12. The van der Waals surface area contributed by atoms with Gasteiger partial charge in [-0.1, -0.05) is 90.2 Å². The number of carbonyl (C=O) groups is 2. The van der Waals surface area contributed by atoms with E-state index in [-0.39, 0.29) is 11.9 Å². The Hall–Kier alpha value is -1.32. The molecule has 0 aliphatic rings. The fraction of sp³-hybridized carbons (Fsp3) is 0.846. The van der Waals surface area contributed by atoms with Crippen LogP contribution in [0.15, 0.2) is 12.2 Å². The molecule has 0 aromatic rings. The lowest BCUT2D eigenvalue weighted by Gasteiger charge is -2.04. The van der Waals surface area contributed by atoms with E-state index in [1.165, 1.54) is 64.2 Å². The van der Waals surface area contributed by atoms with E-state index in [1.807, 2.05) is 13.8 Å². The van der Waals surface area contributed by atoms with Gasteiger partial charge >= 0.3 is 11.9 Å². The lowest BCUT2D eigenvalue weighted by molar-refractivity contribution is -0.144. The Morgan fingerprint density at radius 1 is 0.533 bits per heavy atom. The molecule has 0 rings (SSSR count). The monoisotopic (exact) mass is 424 g/mol. The summed E-state index contributed by atoms with van der Waals surface area (Å²) >= 11 is 0. The van der Waals surface area contributed by atoms with Gasteiger partial charge in [0.15, 0.2) is 0 Å². The van der Waals surface area contributed by atoms with Crippen molar-refractivity contribution in [1.29, 1.82) is 0 Å². The summed E-state index contributed by atoms with van der Waals surface area (Å²) in [5.41, 5.74) is 0.